The Hall–Kier alpha value is -0.120. The average molecular weight is 296 g/mol. The third-order valence-electron chi connectivity index (χ3n) is 5.63. The zero-order valence-corrected chi connectivity index (χ0v) is 14.8. The van der Waals surface area contributed by atoms with Crippen LogP contribution in [0.25, 0.3) is 0 Å². The zero-order chi connectivity index (χ0) is 15.2. The molecule has 2 saturated heterocycles. The highest BCUT2D eigenvalue weighted by molar-refractivity contribution is 4.97. The molecule has 2 fully saturated rings. The van der Waals surface area contributed by atoms with E-state index in [2.05, 4.69) is 42.9 Å². The predicted octanol–water partition coefficient (Wildman–Crippen LogP) is 3.10. The molecule has 3 nitrogen and oxygen atoms in total. The van der Waals surface area contributed by atoms with E-state index in [1.165, 1.54) is 64.6 Å². The molecule has 0 saturated carbocycles. The first-order valence-corrected chi connectivity index (χ1v) is 9.31. The van der Waals surface area contributed by atoms with Crippen molar-refractivity contribution in [2.45, 2.75) is 89.9 Å². The largest absolute Gasteiger partial charge is 0.314 e. The van der Waals surface area contributed by atoms with Gasteiger partial charge in [0.1, 0.15) is 0 Å². The lowest BCUT2D eigenvalue weighted by Gasteiger charge is -2.39. The van der Waals surface area contributed by atoms with Crippen LogP contribution in [0, 0.1) is 0 Å². The van der Waals surface area contributed by atoms with Crippen molar-refractivity contribution in [1.29, 1.82) is 0 Å². The van der Waals surface area contributed by atoms with Crippen LogP contribution in [0.2, 0.25) is 0 Å². The highest BCUT2D eigenvalue weighted by atomic mass is 15.2. The lowest BCUT2D eigenvalue weighted by Crippen LogP contribution is -2.49. The average Bonchev–Trinajstić information content (AvgIpc) is 2.70. The molecular weight excluding hydrogens is 258 g/mol. The summed E-state index contributed by atoms with van der Waals surface area (Å²) in [5.74, 6) is 0. The molecule has 0 aromatic carbocycles. The van der Waals surface area contributed by atoms with Crippen molar-refractivity contribution in [3.63, 3.8) is 0 Å². The van der Waals surface area contributed by atoms with Gasteiger partial charge >= 0.3 is 0 Å². The fourth-order valence-electron chi connectivity index (χ4n) is 4.07. The second-order valence-electron chi connectivity index (χ2n) is 7.53. The van der Waals surface area contributed by atoms with E-state index in [0.29, 0.717) is 6.04 Å². The van der Waals surface area contributed by atoms with Gasteiger partial charge in [-0.05, 0) is 85.5 Å². The van der Waals surface area contributed by atoms with Gasteiger partial charge in [0.2, 0.25) is 0 Å². The lowest BCUT2D eigenvalue weighted by molar-refractivity contribution is 0.113. The molecule has 0 aromatic rings. The van der Waals surface area contributed by atoms with Gasteiger partial charge in [-0.2, -0.15) is 0 Å². The fraction of sp³-hybridized carbons (Fsp3) is 1.00. The third-order valence-corrected chi connectivity index (χ3v) is 5.63. The minimum Gasteiger partial charge on any atom is -0.314 e. The quantitative estimate of drug-likeness (QED) is 0.659. The van der Waals surface area contributed by atoms with Gasteiger partial charge in [-0.25, -0.2) is 0 Å². The normalized spacial score (nSPS) is 29.7. The second kappa shape index (κ2) is 8.50. The van der Waals surface area contributed by atoms with Crippen molar-refractivity contribution >= 4 is 0 Å². The molecule has 124 valence electrons. The summed E-state index contributed by atoms with van der Waals surface area (Å²) in [5, 5.41) is 3.75. The Morgan fingerprint density at radius 2 is 1.81 bits per heavy atom. The summed E-state index contributed by atoms with van der Waals surface area (Å²) in [7, 11) is 2.25. The van der Waals surface area contributed by atoms with Gasteiger partial charge in [-0.3, -0.25) is 4.90 Å². The van der Waals surface area contributed by atoms with Gasteiger partial charge in [0.05, 0.1) is 0 Å². The van der Waals surface area contributed by atoms with E-state index in [1.54, 1.807) is 0 Å². The predicted molar refractivity (Wildman–Crippen MR) is 91.8 cm³/mol. The van der Waals surface area contributed by atoms with Gasteiger partial charge in [0.25, 0.3) is 0 Å². The molecule has 0 aliphatic carbocycles. The first-order valence-electron chi connectivity index (χ1n) is 9.31. The van der Waals surface area contributed by atoms with Crippen LogP contribution in [-0.2, 0) is 0 Å². The maximum atomic E-state index is 3.75. The van der Waals surface area contributed by atoms with Crippen LogP contribution in [0.4, 0.5) is 0 Å². The summed E-state index contributed by atoms with van der Waals surface area (Å²) >= 11 is 0. The smallest absolute Gasteiger partial charge is 0.0114 e. The number of nitrogens with zero attached hydrogens (tertiary/aromatic N) is 2. The van der Waals surface area contributed by atoms with Crippen LogP contribution < -0.4 is 5.32 Å². The van der Waals surface area contributed by atoms with E-state index in [1.807, 2.05) is 0 Å². The topological polar surface area (TPSA) is 18.5 Å². The molecule has 0 amide bonds. The molecule has 2 bridgehead atoms. The number of hydrogen-bond donors (Lipinski definition) is 1. The van der Waals surface area contributed by atoms with E-state index >= 15 is 0 Å². The second-order valence-corrected chi connectivity index (χ2v) is 7.53. The van der Waals surface area contributed by atoms with Crippen molar-refractivity contribution in [3.8, 4) is 0 Å². The van der Waals surface area contributed by atoms with Gasteiger partial charge in [-0.1, -0.05) is 6.92 Å². The standard InChI is InChI=1S/C18H37N3/c1-5-10-19-16-13-17-8-9-18(14-16)21(17)12-7-6-11-20(4)15(2)3/h15-19H,5-14H2,1-4H3. The maximum absolute atomic E-state index is 3.75. The van der Waals surface area contributed by atoms with E-state index in [0.717, 1.165) is 18.1 Å². The summed E-state index contributed by atoms with van der Waals surface area (Å²) < 4.78 is 0. The van der Waals surface area contributed by atoms with Crippen molar-refractivity contribution in [2.24, 2.45) is 0 Å². The molecule has 0 radical (unpaired) electrons. The number of fused-ring (bicyclic) bond motifs is 2. The van der Waals surface area contributed by atoms with Crippen molar-refractivity contribution < 1.29 is 0 Å². The number of piperidine rings is 1. The molecule has 2 aliphatic rings. The fourth-order valence-corrected chi connectivity index (χ4v) is 4.07. The zero-order valence-electron chi connectivity index (χ0n) is 14.8. The number of nitrogens with one attached hydrogen (secondary N) is 1. The van der Waals surface area contributed by atoms with Crippen LogP contribution in [0.1, 0.15) is 65.7 Å². The maximum Gasteiger partial charge on any atom is 0.0114 e. The molecule has 3 heteroatoms. The molecule has 2 unspecified atom stereocenters. The summed E-state index contributed by atoms with van der Waals surface area (Å²) in [6.45, 7) is 10.6. The Bertz CT molecular complexity index is 278. The van der Waals surface area contributed by atoms with Gasteiger partial charge < -0.3 is 10.2 Å². The number of hydrogen-bond acceptors (Lipinski definition) is 3. The van der Waals surface area contributed by atoms with Gasteiger partial charge in [0.15, 0.2) is 0 Å². The number of rotatable bonds is 9. The summed E-state index contributed by atoms with van der Waals surface area (Å²) in [4.78, 5) is 5.31. The molecule has 1 N–H and O–H groups in total. The van der Waals surface area contributed by atoms with Crippen LogP contribution in [0.5, 0.6) is 0 Å². The van der Waals surface area contributed by atoms with Gasteiger partial charge in [-0.15, -0.1) is 0 Å². The molecule has 2 atom stereocenters. The molecule has 21 heavy (non-hydrogen) atoms. The minimum absolute atomic E-state index is 0.682. The van der Waals surface area contributed by atoms with Crippen LogP contribution in [0.15, 0.2) is 0 Å². The molecule has 0 aromatic heterocycles. The number of unbranched alkanes of at least 4 members (excludes halogenated alkanes) is 1. The Morgan fingerprint density at radius 1 is 1.14 bits per heavy atom. The summed E-state index contributed by atoms with van der Waals surface area (Å²) in [6.07, 6.45) is 9.66. The van der Waals surface area contributed by atoms with Crippen LogP contribution in [0.3, 0.4) is 0 Å². The molecule has 2 heterocycles. The van der Waals surface area contributed by atoms with Crippen molar-refractivity contribution in [3.05, 3.63) is 0 Å². The highest BCUT2D eigenvalue weighted by Gasteiger charge is 2.39. The van der Waals surface area contributed by atoms with Crippen LogP contribution in [-0.4, -0.2) is 60.6 Å². The van der Waals surface area contributed by atoms with E-state index < -0.39 is 0 Å². The van der Waals surface area contributed by atoms with E-state index in [-0.39, 0.29) is 0 Å². The third kappa shape index (κ3) is 4.94. The lowest BCUT2D eigenvalue weighted by atomic mass is 9.97. The monoisotopic (exact) mass is 295 g/mol. The van der Waals surface area contributed by atoms with Crippen molar-refractivity contribution in [1.82, 2.24) is 15.1 Å². The van der Waals surface area contributed by atoms with E-state index in [9.17, 15) is 0 Å². The molecule has 0 spiro atoms. The molecular formula is C18H37N3. The first kappa shape index (κ1) is 17.2. The Balaban J connectivity index is 1.66. The Kier molecular flexibility index (Phi) is 6.97. The molecule has 2 rings (SSSR count). The Morgan fingerprint density at radius 3 is 2.38 bits per heavy atom. The molecule has 2 aliphatic heterocycles. The minimum atomic E-state index is 0.682. The van der Waals surface area contributed by atoms with Gasteiger partial charge in [0, 0.05) is 24.2 Å². The van der Waals surface area contributed by atoms with E-state index in [4.69, 9.17) is 0 Å². The summed E-state index contributed by atoms with van der Waals surface area (Å²) in [5.41, 5.74) is 0. The van der Waals surface area contributed by atoms with Crippen LogP contribution >= 0.6 is 0 Å². The van der Waals surface area contributed by atoms with Crippen molar-refractivity contribution in [2.75, 3.05) is 26.7 Å². The Labute approximate surface area is 132 Å². The SMILES string of the molecule is CCCNC1CC2CCC(C1)N2CCCCN(C)C(C)C. The first-order chi connectivity index (χ1) is 10.1. The summed E-state index contributed by atoms with van der Waals surface area (Å²) in [6, 6.07) is 3.23. The highest BCUT2D eigenvalue weighted by Crippen LogP contribution is 2.35.